The van der Waals surface area contributed by atoms with E-state index in [-0.39, 0.29) is 5.54 Å². The van der Waals surface area contributed by atoms with E-state index >= 15 is 0 Å². The highest BCUT2D eigenvalue weighted by molar-refractivity contribution is 4.92. The molecular formula is C13H28N2. The summed E-state index contributed by atoms with van der Waals surface area (Å²) >= 11 is 0. The molecule has 2 atom stereocenters. The monoisotopic (exact) mass is 212 g/mol. The van der Waals surface area contributed by atoms with E-state index in [0.717, 1.165) is 12.5 Å². The van der Waals surface area contributed by atoms with E-state index in [4.69, 9.17) is 5.73 Å². The van der Waals surface area contributed by atoms with Gasteiger partial charge in [-0.3, -0.25) is 4.90 Å². The molecule has 15 heavy (non-hydrogen) atoms. The fourth-order valence-corrected chi connectivity index (χ4v) is 3.10. The SMILES string of the molecule is CC(C)CC(C)(CN)N1CCCCC1C. The molecule has 0 saturated carbocycles. The number of piperidine rings is 1. The van der Waals surface area contributed by atoms with Crippen molar-refractivity contribution in [2.24, 2.45) is 11.7 Å². The summed E-state index contributed by atoms with van der Waals surface area (Å²) in [5, 5.41) is 0. The van der Waals surface area contributed by atoms with Crippen LogP contribution in [0.15, 0.2) is 0 Å². The van der Waals surface area contributed by atoms with Crippen molar-refractivity contribution in [1.82, 2.24) is 4.90 Å². The van der Waals surface area contributed by atoms with Gasteiger partial charge in [0.1, 0.15) is 0 Å². The second kappa shape index (κ2) is 5.31. The van der Waals surface area contributed by atoms with E-state index in [2.05, 4.69) is 32.6 Å². The molecule has 2 heteroatoms. The molecule has 0 aliphatic carbocycles. The average molecular weight is 212 g/mol. The Morgan fingerprint density at radius 1 is 1.40 bits per heavy atom. The molecule has 0 aromatic heterocycles. The first-order valence-electron chi connectivity index (χ1n) is 6.46. The molecule has 1 fully saturated rings. The van der Waals surface area contributed by atoms with E-state index in [1.165, 1.54) is 32.2 Å². The van der Waals surface area contributed by atoms with Gasteiger partial charge in [-0.25, -0.2) is 0 Å². The molecule has 1 aliphatic rings. The molecule has 0 radical (unpaired) electrons. The van der Waals surface area contributed by atoms with Crippen LogP contribution in [-0.2, 0) is 0 Å². The Balaban J connectivity index is 2.69. The van der Waals surface area contributed by atoms with Crippen LogP contribution in [0.25, 0.3) is 0 Å². The van der Waals surface area contributed by atoms with Crippen LogP contribution in [0.4, 0.5) is 0 Å². The van der Waals surface area contributed by atoms with Gasteiger partial charge in [-0.2, -0.15) is 0 Å². The second-order valence-electron chi connectivity index (χ2n) is 5.84. The highest BCUT2D eigenvalue weighted by atomic mass is 15.2. The average Bonchev–Trinajstić information content (AvgIpc) is 2.17. The fraction of sp³-hybridized carbons (Fsp3) is 1.00. The zero-order valence-electron chi connectivity index (χ0n) is 10.9. The summed E-state index contributed by atoms with van der Waals surface area (Å²) in [6, 6.07) is 0.714. The maximum absolute atomic E-state index is 6.01. The van der Waals surface area contributed by atoms with E-state index in [1.54, 1.807) is 0 Å². The highest BCUT2D eigenvalue weighted by Gasteiger charge is 2.35. The summed E-state index contributed by atoms with van der Waals surface area (Å²) in [5.74, 6) is 0.729. The second-order valence-corrected chi connectivity index (χ2v) is 5.84. The van der Waals surface area contributed by atoms with Crippen molar-refractivity contribution in [1.29, 1.82) is 0 Å². The van der Waals surface area contributed by atoms with Gasteiger partial charge in [0, 0.05) is 18.1 Å². The molecule has 2 nitrogen and oxygen atoms in total. The van der Waals surface area contributed by atoms with E-state index < -0.39 is 0 Å². The summed E-state index contributed by atoms with van der Waals surface area (Å²) in [6.07, 6.45) is 5.29. The lowest BCUT2D eigenvalue weighted by Gasteiger charge is -2.47. The van der Waals surface area contributed by atoms with Gasteiger partial charge in [0.25, 0.3) is 0 Å². The van der Waals surface area contributed by atoms with Gasteiger partial charge in [-0.15, -0.1) is 0 Å². The Morgan fingerprint density at radius 3 is 2.53 bits per heavy atom. The Bertz CT molecular complexity index is 191. The predicted octanol–water partition coefficient (Wildman–Crippen LogP) is 2.62. The maximum Gasteiger partial charge on any atom is 0.0308 e. The third-order valence-electron chi connectivity index (χ3n) is 3.78. The zero-order chi connectivity index (χ0) is 11.5. The first-order chi connectivity index (χ1) is 6.99. The lowest BCUT2D eigenvalue weighted by Crippen LogP contribution is -2.57. The fourth-order valence-electron chi connectivity index (χ4n) is 3.10. The quantitative estimate of drug-likeness (QED) is 0.776. The molecule has 1 heterocycles. The largest absolute Gasteiger partial charge is 0.329 e. The predicted molar refractivity (Wildman–Crippen MR) is 66.9 cm³/mol. The summed E-state index contributed by atoms with van der Waals surface area (Å²) < 4.78 is 0. The molecule has 2 N–H and O–H groups in total. The van der Waals surface area contributed by atoms with Gasteiger partial charge >= 0.3 is 0 Å². The first kappa shape index (κ1) is 13.0. The van der Waals surface area contributed by atoms with Crippen LogP contribution in [-0.4, -0.2) is 29.6 Å². The number of nitrogens with two attached hydrogens (primary N) is 1. The third-order valence-corrected chi connectivity index (χ3v) is 3.78. The van der Waals surface area contributed by atoms with Crippen molar-refractivity contribution in [3.05, 3.63) is 0 Å². The summed E-state index contributed by atoms with van der Waals surface area (Å²) in [7, 11) is 0. The highest BCUT2D eigenvalue weighted by Crippen LogP contribution is 2.29. The van der Waals surface area contributed by atoms with Gasteiger partial charge in [-0.1, -0.05) is 20.3 Å². The number of nitrogens with zero attached hydrogens (tertiary/aromatic N) is 1. The third kappa shape index (κ3) is 3.18. The van der Waals surface area contributed by atoms with Crippen LogP contribution in [0.1, 0.15) is 53.4 Å². The molecule has 90 valence electrons. The Morgan fingerprint density at radius 2 is 2.07 bits per heavy atom. The van der Waals surface area contributed by atoms with Gasteiger partial charge in [0.2, 0.25) is 0 Å². The minimum absolute atomic E-state index is 0.216. The van der Waals surface area contributed by atoms with Crippen LogP contribution >= 0.6 is 0 Å². The van der Waals surface area contributed by atoms with Crippen molar-refractivity contribution < 1.29 is 0 Å². The Hall–Kier alpha value is -0.0800. The Kier molecular flexibility index (Phi) is 4.60. The van der Waals surface area contributed by atoms with Crippen molar-refractivity contribution in [2.45, 2.75) is 65.0 Å². The standard InChI is InChI=1S/C13H28N2/c1-11(2)9-13(4,10-14)15-8-6-5-7-12(15)3/h11-12H,5-10,14H2,1-4H3. The van der Waals surface area contributed by atoms with E-state index in [9.17, 15) is 0 Å². The lowest BCUT2D eigenvalue weighted by atomic mass is 9.85. The number of rotatable bonds is 4. The minimum atomic E-state index is 0.216. The molecule has 0 bridgehead atoms. The van der Waals surface area contributed by atoms with E-state index in [0.29, 0.717) is 6.04 Å². The number of likely N-dealkylation sites (tertiary alicyclic amines) is 1. The summed E-state index contributed by atoms with van der Waals surface area (Å²) in [6.45, 7) is 11.3. The lowest BCUT2D eigenvalue weighted by molar-refractivity contribution is 0.0278. The molecule has 2 unspecified atom stereocenters. The van der Waals surface area contributed by atoms with E-state index in [1.807, 2.05) is 0 Å². The van der Waals surface area contributed by atoms with Gasteiger partial charge in [0.05, 0.1) is 0 Å². The van der Waals surface area contributed by atoms with Crippen LogP contribution < -0.4 is 5.73 Å². The molecule has 1 rings (SSSR count). The molecule has 1 saturated heterocycles. The molecule has 0 spiro atoms. The normalized spacial score (nSPS) is 28.0. The number of hydrogen-bond donors (Lipinski definition) is 1. The zero-order valence-corrected chi connectivity index (χ0v) is 10.9. The summed E-state index contributed by atoms with van der Waals surface area (Å²) in [4.78, 5) is 2.65. The first-order valence-corrected chi connectivity index (χ1v) is 6.46. The molecule has 1 aliphatic heterocycles. The Labute approximate surface area is 95.2 Å². The molecule has 0 aromatic carbocycles. The van der Waals surface area contributed by atoms with Gasteiger partial charge in [-0.05, 0) is 45.6 Å². The van der Waals surface area contributed by atoms with Crippen molar-refractivity contribution in [3.8, 4) is 0 Å². The topological polar surface area (TPSA) is 29.3 Å². The van der Waals surface area contributed by atoms with Crippen LogP contribution in [0.3, 0.4) is 0 Å². The summed E-state index contributed by atoms with van der Waals surface area (Å²) in [5.41, 5.74) is 6.22. The maximum atomic E-state index is 6.01. The smallest absolute Gasteiger partial charge is 0.0308 e. The van der Waals surface area contributed by atoms with Crippen LogP contribution in [0.2, 0.25) is 0 Å². The minimum Gasteiger partial charge on any atom is -0.329 e. The van der Waals surface area contributed by atoms with Gasteiger partial charge < -0.3 is 5.73 Å². The van der Waals surface area contributed by atoms with Crippen molar-refractivity contribution >= 4 is 0 Å². The van der Waals surface area contributed by atoms with Gasteiger partial charge in [0.15, 0.2) is 0 Å². The number of hydrogen-bond acceptors (Lipinski definition) is 2. The van der Waals surface area contributed by atoms with Crippen molar-refractivity contribution in [2.75, 3.05) is 13.1 Å². The molecule has 0 aromatic rings. The van der Waals surface area contributed by atoms with Crippen LogP contribution in [0.5, 0.6) is 0 Å². The van der Waals surface area contributed by atoms with Crippen molar-refractivity contribution in [3.63, 3.8) is 0 Å². The molecular weight excluding hydrogens is 184 g/mol. The molecule has 0 amide bonds. The van der Waals surface area contributed by atoms with Crippen LogP contribution in [0, 0.1) is 5.92 Å².